The van der Waals surface area contributed by atoms with Crippen LogP contribution in [0.2, 0.25) is 0 Å². The first-order chi connectivity index (χ1) is 13.9. The van der Waals surface area contributed by atoms with Gasteiger partial charge in [-0.25, -0.2) is 17.7 Å². The Kier molecular flexibility index (Phi) is 5.71. The van der Waals surface area contributed by atoms with Crippen molar-refractivity contribution in [1.29, 1.82) is 0 Å². The largest absolute Gasteiger partial charge is 0.368 e. The Labute approximate surface area is 172 Å². The molecular formula is C20H28N6O2S. The maximum absolute atomic E-state index is 12.8. The van der Waals surface area contributed by atoms with Crippen LogP contribution in [0.25, 0.3) is 0 Å². The van der Waals surface area contributed by atoms with Gasteiger partial charge in [-0.3, -0.25) is 0 Å². The molecule has 0 radical (unpaired) electrons. The van der Waals surface area contributed by atoms with Crippen molar-refractivity contribution >= 4 is 21.8 Å². The molecule has 1 aromatic heterocycles. The molecule has 2 aliphatic rings. The van der Waals surface area contributed by atoms with E-state index in [1.807, 2.05) is 43.4 Å². The van der Waals surface area contributed by atoms with E-state index in [2.05, 4.69) is 20.2 Å². The number of anilines is 2. The Hall–Kier alpha value is -2.23. The molecule has 2 aliphatic heterocycles. The molecule has 0 aliphatic carbocycles. The summed E-state index contributed by atoms with van der Waals surface area (Å²) in [7, 11) is -1.36. The number of nitrogens with one attached hydrogen (secondary N) is 1. The number of nitrogens with zero attached hydrogens (tertiary/aromatic N) is 4. The first-order valence-corrected chi connectivity index (χ1v) is 11.6. The SMILES string of the molecule is CNC1CN(c2cc(C3CCN(S(=O)(=O)Cc4ccccc4)CC3)nc(N)n2)C1. The van der Waals surface area contributed by atoms with Crippen LogP contribution in [0.15, 0.2) is 36.4 Å². The number of rotatable bonds is 6. The second-order valence-electron chi connectivity index (χ2n) is 7.81. The highest BCUT2D eigenvalue weighted by atomic mass is 32.2. The number of hydrogen-bond acceptors (Lipinski definition) is 7. The number of aromatic nitrogens is 2. The third kappa shape index (κ3) is 4.52. The highest BCUT2D eigenvalue weighted by Crippen LogP contribution is 2.31. The van der Waals surface area contributed by atoms with Crippen LogP contribution in [0.3, 0.4) is 0 Å². The molecule has 3 N–H and O–H groups in total. The lowest BCUT2D eigenvalue weighted by atomic mass is 9.94. The Morgan fingerprint density at radius 2 is 1.83 bits per heavy atom. The standard InChI is InChI=1S/C20H28N6O2S/c1-22-17-12-25(13-17)19-11-18(23-20(21)24-19)16-7-9-26(10-8-16)29(27,28)14-15-5-3-2-4-6-15/h2-6,11,16-17,22H,7-10,12-14H2,1H3,(H2,21,23,24). The highest BCUT2D eigenvalue weighted by molar-refractivity contribution is 7.88. The molecule has 3 heterocycles. The third-order valence-corrected chi connectivity index (χ3v) is 7.67. The topological polar surface area (TPSA) is 104 Å². The fourth-order valence-electron chi connectivity index (χ4n) is 4.00. The van der Waals surface area contributed by atoms with Crippen LogP contribution < -0.4 is 16.0 Å². The Morgan fingerprint density at radius 1 is 1.14 bits per heavy atom. The minimum atomic E-state index is -3.31. The molecule has 0 amide bonds. The Morgan fingerprint density at radius 3 is 2.48 bits per heavy atom. The van der Waals surface area contributed by atoms with E-state index in [1.165, 1.54) is 0 Å². The van der Waals surface area contributed by atoms with Gasteiger partial charge in [0.15, 0.2) is 0 Å². The number of hydrogen-bond donors (Lipinski definition) is 2. The number of sulfonamides is 1. The average Bonchev–Trinajstić information content (AvgIpc) is 2.67. The van der Waals surface area contributed by atoms with Crippen LogP contribution in [0, 0.1) is 0 Å². The van der Waals surface area contributed by atoms with Crippen LogP contribution in [0.1, 0.15) is 30.0 Å². The zero-order chi connectivity index (χ0) is 20.4. The maximum Gasteiger partial charge on any atom is 0.222 e. The van der Waals surface area contributed by atoms with E-state index in [4.69, 9.17) is 5.73 Å². The second kappa shape index (κ2) is 8.25. The summed E-state index contributed by atoms with van der Waals surface area (Å²) < 4.78 is 27.1. The summed E-state index contributed by atoms with van der Waals surface area (Å²) in [6.45, 7) is 2.82. The summed E-state index contributed by atoms with van der Waals surface area (Å²) >= 11 is 0. The number of nitrogen functional groups attached to an aromatic ring is 1. The van der Waals surface area contributed by atoms with Gasteiger partial charge in [-0.05, 0) is 25.5 Å². The molecule has 0 unspecified atom stereocenters. The third-order valence-electron chi connectivity index (χ3n) is 5.82. The van der Waals surface area contributed by atoms with Crippen molar-refractivity contribution in [2.75, 3.05) is 43.9 Å². The molecule has 156 valence electrons. The number of likely N-dealkylation sites (N-methyl/N-ethyl adjacent to an activating group) is 1. The smallest absolute Gasteiger partial charge is 0.222 e. The van der Waals surface area contributed by atoms with E-state index in [0.29, 0.717) is 19.1 Å². The van der Waals surface area contributed by atoms with Crippen molar-refractivity contribution in [3.8, 4) is 0 Å². The van der Waals surface area contributed by atoms with Crippen LogP contribution in [0.5, 0.6) is 0 Å². The first kappa shape index (κ1) is 20.1. The van der Waals surface area contributed by atoms with Gasteiger partial charge in [0.1, 0.15) is 5.82 Å². The predicted octanol–water partition coefficient (Wildman–Crippen LogP) is 1.18. The van der Waals surface area contributed by atoms with Gasteiger partial charge in [-0.1, -0.05) is 30.3 Å². The molecule has 8 nitrogen and oxygen atoms in total. The molecule has 2 fully saturated rings. The number of piperidine rings is 1. The lowest BCUT2D eigenvalue weighted by Crippen LogP contribution is -2.57. The minimum absolute atomic E-state index is 0.0463. The summed E-state index contributed by atoms with van der Waals surface area (Å²) in [5.41, 5.74) is 7.70. The molecule has 1 aromatic carbocycles. The van der Waals surface area contributed by atoms with Crippen LogP contribution >= 0.6 is 0 Å². The first-order valence-electron chi connectivity index (χ1n) is 10.0. The van der Waals surface area contributed by atoms with Gasteiger partial charge in [-0.15, -0.1) is 0 Å². The molecule has 29 heavy (non-hydrogen) atoms. The highest BCUT2D eigenvalue weighted by Gasteiger charge is 2.31. The quantitative estimate of drug-likeness (QED) is 0.728. The molecule has 9 heteroatoms. The molecule has 0 bridgehead atoms. The average molecular weight is 417 g/mol. The molecule has 0 atom stereocenters. The van der Waals surface area contributed by atoms with Crippen molar-refractivity contribution < 1.29 is 8.42 Å². The number of benzene rings is 1. The lowest BCUT2D eigenvalue weighted by Gasteiger charge is -2.40. The maximum atomic E-state index is 12.8. The van der Waals surface area contributed by atoms with E-state index in [9.17, 15) is 8.42 Å². The summed E-state index contributed by atoms with van der Waals surface area (Å²) in [5, 5.41) is 3.25. The van der Waals surface area contributed by atoms with Crippen molar-refractivity contribution in [2.24, 2.45) is 0 Å². The summed E-state index contributed by atoms with van der Waals surface area (Å²) in [5.74, 6) is 1.39. The van der Waals surface area contributed by atoms with Gasteiger partial charge in [-0.2, -0.15) is 4.98 Å². The zero-order valence-electron chi connectivity index (χ0n) is 16.7. The van der Waals surface area contributed by atoms with Gasteiger partial charge in [0.2, 0.25) is 16.0 Å². The fourth-order valence-corrected chi connectivity index (χ4v) is 5.56. The van der Waals surface area contributed by atoms with Gasteiger partial charge >= 0.3 is 0 Å². The lowest BCUT2D eigenvalue weighted by molar-refractivity contribution is 0.316. The van der Waals surface area contributed by atoms with E-state index < -0.39 is 10.0 Å². The number of nitrogens with two attached hydrogens (primary N) is 1. The van der Waals surface area contributed by atoms with Crippen molar-refractivity contribution in [1.82, 2.24) is 19.6 Å². The van der Waals surface area contributed by atoms with E-state index in [1.54, 1.807) is 4.31 Å². The van der Waals surface area contributed by atoms with E-state index in [-0.39, 0.29) is 17.6 Å². The van der Waals surface area contributed by atoms with Gasteiger partial charge in [0.05, 0.1) is 11.4 Å². The van der Waals surface area contributed by atoms with Crippen molar-refractivity contribution in [2.45, 2.75) is 30.6 Å². The fraction of sp³-hybridized carbons (Fsp3) is 0.500. The molecule has 0 saturated carbocycles. The molecule has 0 spiro atoms. The van der Waals surface area contributed by atoms with Crippen LogP contribution in [0.4, 0.5) is 11.8 Å². The molecule has 2 saturated heterocycles. The van der Waals surface area contributed by atoms with Gasteiger partial charge in [0, 0.05) is 44.2 Å². The summed E-state index contributed by atoms with van der Waals surface area (Å²) in [6, 6.07) is 11.8. The molecule has 2 aromatic rings. The van der Waals surface area contributed by atoms with Crippen LogP contribution in [-0.4, -0.2) is 62.0 Å². The predicted molar refractivity (Wildman–Crippen MR) is 114 cm³/mol. The molecular weight excluding hydrogens is 388 g/mol. The Bertz CT molecular complexity index is 939. The monoisotopic (exact) mass is 416 g/mol. The molecule has 4 rings (SSSR count). The summed E-state index contributed by atoms with van der Waals surface area (Å²) in [6.07, 6.45) is 1.48. The second-order valence-corrected chi connectivity index (χ2v) is 9.78. The zero-order valence-corrected chi connectivity index (χ0v) is 17.5. The van der Waals surface area contributed by atoms with Gasteiger partial charge < -0.3 is 16.0 Å². The van der Waals surface area contributed by atoms with Crippen LogP contribution in [-0.2, 0) is 15.8 Å². The van der Waals surface area contributed by atoms with E-state index >= 15 is 0 Å². The Balaban J connectivity index is 1.40. The van der Waals surface area contributed by atoms with Gasteiger partial charge in [0.25, 0.3) is 0 Å². The van der Waals surface area contributed by atoms with E-state index in [0.717, 1.165) is 43.0 Å². The van der Waals surface area contributed by atoms with Crippen molar-refractivity contribution in [3.63, 3.8) is 0 Å². The van der Waals surface area contributed by atoms with Crippen molar-refractivity contribution in [3.05, 3.63) is 47.7 Å². The summed E-state index contributed by atoms with van der Waals surface area (Å²) in [4.78, 5) is 11.0. The minimum Gasteiger partial charge on any atom is -0.368 e. The normalized spacial score (nSPS) is 19.3.